The summed E-state index contributed by atoms with van der Waals surface area (Å²) in [4.78, 5) is 0.264. The van der Waals surface area contributed by atoms with E-state index in [0.29, 0.717) is 13.1 Å². The number of hydrogen-bond donors (Lipinski definition) is 1. The summed E-state index contributed by atoms with van der Waals surface area (Å²) in [6.07, 6.45) is 1.14. The monoisotopic (exact) mass is 293 g/mol. The van der Waals surface area contributed by atoms with Crippen LogP contribution < -0.4 is 5.73 Å². The lowest BCUT2D eigenvalue weighted by molar-refractivity contribution is 0.254. The van der Waals surface area contributed by atoms with Gasteiger partial charge in [-0.05, 0) is 30.0 Å². The van der Waals surface area contributed by atoms with E-state index in [1.54, 1.807) is 24.3 Å². The number of sulfonamides is 1. The van der Waals surface area contributed by atoms with Crippen LogP contribution in [0.25, 0.3) is 0 Å². The number of nitrogens with zero attached hydrogens (tertiary/aromatic N) is 2. The molecule has 0 saturated carbocycles. The summed E-state index contributed by atoms with van der Waals surface area (Å²) in [5.41, 5.74) is 6.73. The quantitative estimate of drug-likeness (QED) is 0.904. The Hall–Kier alpha value is -1.42. The molecule has 2 unspecified atom stereocenters. The van der Waals surface area contributed by atoms with E-state index >= 15 is 0 Å². The van der Waals surface area contributed by atoms with Gasteiger partial charge < -0.3 is 5.73 Å². The van der Waals surface area contributed by atoms with Crippen molar-refractivity contribution in [2.24, 2.45) is 11.7 Å². The molecule has 20 heavy (non-hydrogen) atoms. The predicted molar refractivity (Wildman–Crippen MR) is 76.3 cm³/mol. The van der Waals surface area contributed by atoms with E-state index in [9.17, 15) is 8.42 Å². The van der Waals surface area contributed by atoms with Crippen LogP contribution in [-0.4, -0.2) is 31.9 Å². The van der Waals surface area contributed by atoms with Gasteiger partial charge in [-0.1, -0.05) is 19.1 Å². The zero-order chi connectivity index (χ0) is 14.8. The van der Waals surface area contributed by atoms with E-state index in [2.05, 4.69) is 0 Å². The summed E-state index contributed by atoms with van der Waals surface area (Å²) in [5, 5.41) is 8.62. The standard InChI is InChI=1S/C14H19N3O2S/c1-11-8-13(16)10-17(9-11)20(18,19)14-4-2-12(3-5-14)6-7-15/h2-5,11,13H,6,8-10,16H2,1H3. The Morgan fingerprint density at radius 1 is 1.35 bits per heavy atom. The van der Waals surface area contributed by atoms with Crippen molar-refractivity contribution >= 4 is 10.0 Å². The zero-order valence-corrected chi connectivity index (χ0v) is 12.3. The first kappa shape index (κ1) is 15.0. The SMILES string of the molecule is CC1CC(N)CN(S(=O)(=O)c2ccc(CC#N)cc2)C1. The summed E-state index contributed by atoms with van der Waals surface area (Å²) in [7, 11) is -3.49. The van der Waals surface area contributed by atoms with Crippen molar-refractivity contribution in [3.63, 3.8) is 0 Å². The number of nitriles is 1. The highest BCUT2D eigenvalue weighted by molar-refractivity contribution is 7.89. The Morgan fingerprint density at radius 3 is 2.55 bits per heavy atom. The minimum atomic E-state index is -3.49. The Labute approximate surface area is 120 Å². The van der Waals surface area contributed by atoms with Crippen LogP contribution in [0.15, 0.2) is 29.2 Å². The number of hydrogen-bond acceptors (Lipinski definition) is 4. The Morgan fingerprint density at radius 2 is 2.00 bits per heavy atom. The summed E-state index contributed by atoms with van der Waals surface area (Å²) in [6.45, 7) is 2.89. The fourth-order valence-electron chi connectivity index (χ4n) is 2.57. The predicted octanol–water partition coefficient (Wildman–Crippen LogP) is 1.11. The van der Waals surface area contributed by atoms with Crippen LogP contribution >= 0.6 is 0 Å². The van der Waals surface area contributed by atoms with E-state index in [1.165, 1.54) is 4.31 Å². The molecule has 1 aromatic carbocycles. The van der Waals surface area contributed by atoms with Gasteiger partial charge in [-0.25, -0.2) is 8.42 Å². The van der Waals surface area contributed by atoms with Crippen molar-refractivity contribution in [1.29, 1.82) is 5.26 Å². The first-order valence-corrected chi connectivity index (χ1v) is 8.09. The first-order chi connectivity index (χ1) is 9.43. The molecule has 1 aliphatic rings. The topological polar surface area (TPSA) is 87.2 Å². The third-order valence-corrected chi connectivity index (χ3v) is 5.35. The summed E-state index contributed by atoms with van der Waals surface area (Å²) < 4.78 is 26.6. The van der Waals surface area contributed by atoms with Gasteiger partial charge in [-0.15, -0.1) is 0 Å². The average molecular weight is 293 g/mol. The Balaban J connectivity index is 2.23. The molecule has 5 nitrogen and oxygen atoms in total. The second-order valence-corrected chi connectivity index (χ2v) is 7.34. The molecule has 0 bridgehead atoms. The fraction of sp³-hybridized carbons (Fsp3) is 0.500. The van der Waals surface area contributed by atoms with Gasteiger partial charge in [-0.2, -0.15) is 9.57 Å². The molecule has 108 valence electrons. The molecule has 2 N–H and O–H groups in total. The van der Waals surface area contributed by atoms with Crippen molar-refractivity contribution in [3.05, 3.63) is 29.8 Å². The highest BCUT2D eigenvalue weighted by Crippen LogP contribution is 2.23. The maximum Gasteiger partial charge on any atom is 0.243 e. The lowest BCUT2D eigenvalue weighted by Crippen LogP contribution is -2.48. The minimum Gasteiger partial charge on any atom is -0.326 e. The zero-order valence-electron chi connectivity index (χ0n) is 11.5. The lowest BCUT2D eigenvalue weighted by atomic mass is 9.99. The van der Waals surface area contributed by atoms with Gasteiger partial charge >= 0.3 is 0 Å². The highest BCUT2D eigenvalue weighted by Gasteiger charge is 2.31. The Kier molecular flexibility index (Phi) is 4.43. The molecule has 6 heteroatoms. The first-order valence-electron chi connectivity index (χ1n) is 6.65. The summed E-state index contributed by atoms with van der Waals surface area (Å²) >= 11 is 0. The second kappa shape index (κ2) is 5.92. The van der Waals surface area contributed by atoms with Crippen molar-refractivity contribution in [3.8, 4) is 6.07 Å². The van der Waals surface area contributed by atoms with Crippen LogP contribution in [0.3, 0.4) is 0 Å². The van der Waals surface area contributed by atoms with Crippen molar-refractivity contribution < 1.29 is 8.42 Å². The summed E-state index contributed by atoms with van der Waals surface area (Å²) in [6, 6.07) is 8.43. The van der Waals surface area contributed by atoms with Crippen molar-refractivity contribution in [2.75, 3.05) is 13.1 Å². The number of piperidine rings is 1. The van der Waals surface area contributed by atoms with Crippen LogP contribution in [0.5, 0.6) is 0 Å². The van der Waals surface area contributed by atoms with Gasteiger partial charge in [0, 0.05) is 19.1 Å². The third-order valence-electron chi connectivity index (χ3n) is 3.50. The van der Waals surface area contributed by atoms with Crippen LogP contribution in [0.1, 0.15) is 18.9 Å². The molecule has 0 amide bonds. The van der Waals surface area contributed by atoms with E-state index in [4.69, 9.17) is 11.0 Å². The van der Waals surface area contributed by atoms with Gasteiger partial charge in [0.1, 0.15) is 0 Å². The normalized spacial score (nSPS) is 24.2. The highest BCUT2D eigenvalue weighted by atomic mass is 32.2. The minimum absolute atomic E-state index is 0.105. The molecule has 0 aliphatic carbocycles. The Bertz CT molecular complexity index is 594. The molecule has 2 atom stereocenters. The fourth-order valence-corrected chi connectivity index (χ4v) is 4.18. The molecule has 2 rings (SSSR count). The van der Waals surface area contributed by atoms with Crippen LogP contribution in [0.2, 0.25) is 0 Å². The molecule has 0 radical (unpaired) electrons. The van der Waals surface area contributed by atoms with Crippen molar-refractivity contribution in [2.45, 2.75) is 30.7 Å². The van der Waals surface area contributed by atoms with Gasteiger partial charge in [0.15, 0.2) is 0 Å². The number of rotatable bonds is 3. The maximum absolute atomic E-state index is 12.6. The van der Waals surface area contributed by atoms with Gasteiger partial charge in [0.2, 0.25) is 10.0 Å². The van der Waals surface area contributed by atoms with Gasteiger partial charge in [0.25, 0.3) is 0 Å². The largest absolute Gasteiger partial charge is 0.326 e. The van der Waals surface area contributed by atoms with Crippen LogP contribution in [0.4, 0.5) is 0 Å². The molecule has 1 saturated heterocycles. The second-order valence-electron chi connectivity index (χ2n) is 5.40. The molecule has 0 aromatic heterocycles. The van der Waals surface area contributed by atoms with Crippen LogP contribution in [-0.2, 0) is 16.4 Å². The molecular formula is C14H19N3O2S. The van der Waals surface area contributed by atoms with E-state index < -0.39 is 10.0 Å². The van der Waals surface area contributed by atoms with Crippen molar-refractivity contribution in [1.82, 2.24) is 4.31 Å². The van der Waals surface area contributed by atoms with Gasteiger partial charge in [-0.3, -0.25) is 0 Å². The third kappa shape index (κ3) is 3.18. The molecule has 1 heterocycles. The van der Waals surface area contributed by atoms with Crippen LogP contribution in [0, 0.1) is 17.2 Å². The lowest BCUT2D eigenvalue weighted by Gasteiger charge is -2.33. The van der Waals surface area contributed by atoms with Gasteiger partial charge in [0.05, 0.1) is 17.4 Å². The summed E-state index contributed by atoms with van der Waals surface area (Å²) in [5.74, 6) is 0.270. The number of benzene rings is 1. The maximum atomic E-state index is 12.6. The molecular weight excluding hydrogens is 274 g/mol. The molecule has 1 fully saturated rings. The molecule has 1 aliphatic heterocycles. The number of nitrogens with two attached hydrogens (primary N) is 1. The van der Waals surface area contributed by atoms with E-state index in [-0.39, 0.29) is 23.3 Å². The van der Waals surface area contributed by atoms with E-state index in [1.807, 2.05) is 13.0 Å². The average Bonchev–Trinajstić information content (AvgIpc) is 2.38. The smallest absolute Gasteiger partial charge is 0.243 e. The molecule has 1 aromatic rings. The van der Waals surface area contributed by atoms with E-state index in [0.717, 1.165) is 12.0 Å². The molecule has 0 spiro atoms.